The Labute approximate surface area is 141 Å². The molecule has 3 rings (SSSR count). The Kier molecular flexibility index (Phi) is 5.07. The highest BCUT2D eigenvalue weighted by atomic mass is 32.2. The number of hydrogen-bond donors (Lipinski definition) is 3. The molecule has 0 bridgehead atoms. The third-order valence-corrected chi connectivity index (χ3v) is 5.37. The molecule has 1 aromatic carbocycles. The largest absolute Gasteiger partial charge is 0.325 e. The minimum absolute atomic E-state index is 0.384. The number of urea groups is 1. The zero-order valence-electron chi connectivity index (χ0n) is 12.1. The highest BCUT2D eigenvalue weighted by molar-refractivity contribution is 8.01. The summed E-state index contributed by atoms with van der Waals surface area (Å²) in [6.07, 6.45) is 1.12. The van der Waals surface area contributed by atoms with Crippen LogP contribution in [0.15, 0.2) is 28.6 Å². The van der Waals surface area contributed by atoms with Gasteiger partial charge in [0, 0.05) is 17.5 Å². The summed E-state index contributed by atoms with van der Waals surface area (Å²) in [7, 11) is 0. The number of aromatic nitrogens is 2. The van der Waals surface area contributed by atoms with Gasteiger partial charge in [-0.15, -0.1) is 10.2 Å². The summed E-state index contributed by atoms with van der Waals surface area (Å²) in [5, 5.41) is 26.4. The third-order valence-electron chi connectivity index (χ3n) is 3.18. The van der Waals surface area contributed by atoms with Gasteiger partial charge < -0.3 is 10.6 Å². The van der Waals surface area contributed by atoms with Crippen LogP contribution in [0.5, 0.6) is 0 Å². The van der Waals surface area contributed by atoms with Crippen molar-refractivity contribution in [2.75, 3.05) is 23.7 Å². The quantitative estimate of drug-likeness (QED) is 0.735. The van der Waals surface area contributed by atoms with Crippen LogP contribution in [-0.2, 0) is 0 Å². The van der Waals surface area contributed by atoms with E-state index in [-0.39, 0.29) is 6.03 Å². The van der Waals surface area contributed by atoms with Gasteiger partial charge in [-0.25, -0.2) is 4.79 Å². The number of nitriles is 1. The Hall–Kier alpha value is -2.15. The van der Waals surface area contributed by atoms with Gasteiger partial charge in [0.05, 0.1) is 11.6 Å². The zero-order chi connectivity index (χ0) is 16.1. The average Bonchev–Trinajstić information content (AvgIpc) is 3.21. The van der Waals surface area contributed by atoms with E-state index in [4.69, 9.17) is 5.26 Å². The summed E-state index contributed by atoms with van der Waals surface area (Å²) in [5.41, 5.74) is 1.15. The van der Waals surface area contributed by atoms with Crippen LogP contribution in [0.3, 0.4) is 0 Å². The van der Waals surface area contributed by atoms with Crippen LogP contribution in [-0.4, -0.2) is 34.6 Å². The minimum Gasteiger partial charge on any atom is -0.316 e. The molecule has 118 valence electrons. The van der Waals surface area contributed by atoms with Gasteiger partial charge in [0.1, 0.15) is 0 Å². The number of thioether (sulfide) groups is 1. The third kappa shape index (κ3) is 4.41. The van der Waals surface area contributed by atoms with Crippen LogP contribution in [0.4, 0.5) is 15.6 Å². The van der Waals surface area contributed by atoms with Crippen molar-refractivity contribution in [2.24, 2.45) is 0 Å². The summed E-state index contributed by atoms with van der Waals surface area (Å²) >= 11 is 3.05. The second-order valence-electron chi connectivity index (χ2n) is 4.87. The molecule has 3 N–H and O–H groups in total. The standard InChI is InChI=1S/C14H14N6OS2/c15-7-9-1-3-10(4-2-9)17-12(21)18-13-19-20-14(23-13)22-11-5-6-16-8-11/h1-4,11,16H,5-6,8H2,(H2,17,18,19,21). The number of hydrogen-bond acceptors (Lipinski definition) is 7. The highest BCUT2D eigenvalue weighted by Crippen LogP contribution is 2.31. The lowest BCUT2D eigenvalue weighted by Gasteiger charge is -2.04. The normalized spacial score (nSPS) is 16.7. The van der Waals surface area contributed by atoms with Crippen molar-refractivity contribution in [3.8, 4) is 6.07 Å². The first-order chi connectivity index (χ1) is 11.2. The number of anilines is 2. The molecular formula is C14H14N6OS2. The molecule has 1 fully saturated rings. The fourth-order valence-corrected chi connectivity index (χ4v) is 4.19. The average molecular weight is 346 g/mol. The van der Waals surface area contributed by atoms with E-state index in [1.807, 2.05) is 6.07 Å². The van der Waals surface area contributed by atoms with Crippen LogP contribution in [0.2, 0.25) is 0 Å². The molecule has 1 aromatic heterocycles. The van der Waals surface area contributed by atoms with E-state index in [9.17, 15) is 4.79 Å². The number of carbonyl (C=O) groups is 1. The summed E-state index contributed by atoms with van der Waals surface area (Å²) in [6.45, 7) is 2.01. The van der Waals surface area contributed by atoms with Crippen molar-refractivity contribution in [1.29, 1.82) is 5.26 Å². The number of rotatable bonds is 4. The molecule has 0 radical (unpaired) electrons. The zero-order valence-corrected chi connectivity index (χ0v) is 13.7. The van der Waals surface area contributed by atoms with Gasteiger partial charge in [-0.3, -0.25) is 5.32 Å². The van der Waals surface area contributed by atoms with E-state index in [0.29, 0.717) is 21.6 Å². The van der Waals surface area contributed by atoms with Crippen LogP contribution in [0.1, 0.15) is 12.0 Å². The number of benzene rings is 1. The van der Waals surface area contributed by atoms with Gasteiger partial charge in [0.15, 0.2) is 4.34 Å². The maximum absolute atomic E-state index is 11.9. The van der Waals surface area contributed by atoms with Crippen LogP contribution < -0.4 is 16.0 Å². The minimum atomic E-state index is -0.384. The van der Waals surface area contributed by atoms with Crippen LogP contribution in [0, 0.1) is 11.3 Å². The molecule has 23 heavy (non-hydrogen) atoms. The first-order valence-corrected chi connectivity index (χ1v) is 8.71. The number of nitrogens with zero attached hydrogens (tertiary/aromatic N) is 3. The topological polar surface area (TPSA) is 103 Å². The summed E-state index contributed by atoms with van der Waals surface area (Å²) in [4.78, 5) is 11.9. The fourth-order valence-electron chi connectivity index (χ4n) is 2.07. The fraction of sp³-hybridized carbons (Fsp3) is 0.286. The predicted molar refractivity (Wildman–Crippen MR) is 90.8 cm³/mol. The van der Waals surface area contributed by atoms with Crippen molar-refractivity contribution in [3.63, 3.8) is 0 Å². The molecule has 1 unspecified atom stereocenters. The second-order valence-corrected chi connectivity index (χ2v) is 7.40. The van der Waals surface area contributed by atoms with E-state index in [1.54, 1.807) is 36.0 Å². The number of nitrogens with one attached hydrogen (secondary N) is 3. The molecule has 2 heterocycles. The van der Waals surface area contributed by atoms with Crippen molar-refractivity contribution < 1.29 is 4.79 Å². The van der Waals surface area contributed by atoms with E-state index in [0.717, 1.165) is 23.8 Å². The first-order valence-electron chi connectivity index (χ1n) is 7.02. The Balaban J connectivity index is 1.53. The molecule has 0 saturated carbocycles. The van der Waals surface area contributed by atoms with Crippen LogP contribution in [0.25, 0.3) is 0 Å². The van der Waals surface area contributed by atoms with Crippen molar-refractivity contribution in [1.82, 2.24) is 15.5 Å². The number of carbonyl (C=O) groups excluding carboxylic acids is 1. The van der Waals surface area contributed by atoms with E-state index in [2.05, 4.69) is 26.1 Å². The Morgan fingerprint density at radius 2 is 2.17 bits per heavy atom. The molecule has 7 nitrogen and oxygen atoms in total. The Bertz CT molecular complexity index is 718. The molecule has 1 atom stereocenters. The molecule has 1 aliphatic heterocycles. The van der Waals surface area contributed by atoms with Crippen molar-refractivity contribution in [3.05, 3.63) is 29.8 Å². The lowest BCUT2D eigenvalue weighted by Crippen LogP contribution is -2.19. The molecule has 2 amide bonds. The van der Waals surface area contributed by atoms with E-state index >= 15 is 0 Å². The monoisotopic (exact) mass is 346 g/mol. The van der Waals surface area contributed by atoms with E-state index in [1.165, 1.54) is 11.3 Å². The van der Waals surface area contributed by atoms with Gasteiger partial charge in [0.25, 0.3) is 0 Å². The molecule has 0 spiro atoms. The van der Waals surface area contributed by atoms with Gasteiger partial charge in [-0.1, -0.05) is 23.1 Å². The van der Waals surface area contributed by atoms with Gasteiger partial charge in [-0.05, 0) is 37.2 Å². The first kappa shape index (κ1) is 15.7. The summed E-state index contributed by atoms with van der Waals surface area (Å²) in [5.74, 6) is 0. The van der Waals surface area contributed by atoms with Crippen LogP contribution >= 0.6 is 23.1 Å². The lowest BCUT2D eigenvalue weighted by atomic mass is 10.2. The van der Waals surface area contributed by atoms with Gasteiger partial charge in [-0.2, -0.15) is 5.26 Å². The molecule has 2 aromatic rings. The molecule has 1 saturated heterocycles. The molecular weight excluding hydrogens is 332 g/mol. The number of amides is 2. The highest BCUT2D eigenvalue weighted by Gasteiger charge is 2.18. The molecule has 1 aliphatic rings. The van der Waals surface area contributed by atoms with E-state index < -0.39 is 0 Å². The second kappa shape index (κ2) is 7.41. The Morgan fingerprint density at radius 1 is 1.35 bits per heavy atom. The summed E-state index contributed by atoms with van der Waals surface area (Å²) < 4.78 is 0.854. The maximum Gasteiger partial charge on any atom is 0.325 e. The van der Waals surface area contributed by atoms with Gasteiger partial charge in [0.2, 0.25) is 5.13 Å². The smallest absolute Gasteiger partial charge is 0.316 e. The molecule has 9 heteroatoms. The van der Waals surface area contributed by atoms with Gasteiger partial charge >= 0.3 is 6.03 Å². The molecule has 0 aliphatic carbocycles. The lowest BCUT2D eigenvalue weighted by molar-refractivity contribution is 0.262. The maximum atomic E-state index is 11.9. The predicted octanol–water partition coefficient (Wildman–Crippen LogP) is 2.51. The SMILES string of the molecule is N#Cc1ccc(NC(=O)Nc2nnc(SC3CCNC3)s2)cc1. The van der Waals surface area contributed by atoms with Crippen molar-refractivity contribution >= 4 is 39.9 Å². The Morgan fingerprint density at radius 3 is 2.87 bits per heavy atom. The summed E-state index contributed by atoms with van der Waals surface area (Å²) in [6, 6.07) is 8.28. The van der Waals surface area contributed by atoms with Crippen molar-refractivity contribution in [2.45, 2.75) is 16.0 Å².